The van der Waals surface area contributed by atoms with Crippen molar-refractivity contribution >= 4 is 11.6 Å². The van der Waals surface area contributed by atoms with E-state index in [1.165, 1.54) is 0 Å². The van der Waals surface area contributed by atoms with E-state index in [0.29, 0.717) is 6.04 Å². The Bertz CT molecular complexity index is 438. The number of hydrogen-bond donors (Lipinski definition) is 0. The Morgan fingerprint density at radius 2 is 2.14 bits per heavy atom. The highest BCUT2D eigenvalue weighted by molar-refractivity contribution is 5.50. The van der Waals surface area contributed by atoms with Crippen LogP contribution in [0.2, 0.25) is 0 Å². The molecule has 1 atom stereocenters. The highest BCUT2D eigenvalue weighted by Gasteiger charge is 2.18. The second-order valence-electron chi connectivity index (χ2n) is 5.66. The van der Waals surface area contributed by atoms with Gasteiger partial charge >= 0.3 is 0 Å². The topological polar surface area (TPSA) is 50.7 Å². The van der Waals surface area contributed by atoms with E-state index in [0.717, 1.165) is 63.9 Å². The summed E-state index contributed by atoms with van der Waals surface area (Å²) in [5.41, 5.74) is 0. The predicted octanol–water partition coefficient (Wildman–Crippen LogP) is 1.95. The highest BCUT2D eigenvalue weighted by Crippen LogP contribution is 2.21. The average molecular weight is 308 g/mol. The molecule has 1 fully saturated rings. The number of methoxy groups -OCH3 is 1. The van der Waals surface area contributed by atoms with Gasteiger partial charge in [0.15, 0.2) is 0 Å². The third kappa shape index (κ3) is 4.55. The second kappa shape index (κ2) is 8.90. The molecule has 6 heteroatoms. The van der Waals surface area contributed by atoms with Gasteiger partial charge in [-0.2, -0.15) is 0 Å². The van der Waals surface area contributed by atoms with E-state index in [4.69, 9.17) is 9.47 Å². The SMILES string of the molecule is CCCN(c1cc(N2CCOCC2)ncn1)C(C)CCOC. The van der Waals surface area contributed by atoms with Crippen molar-refractivity contribution in [3.05, 3.63) is 12.4 Å². The minimum atomic E-state index is 0.396. The average Bonchev–Trinajstić information content (AvgIpc) is 2.58. The number of rotatable bonds is 8. The number of anilines is 2. The summed E-state index contributed by atoms with van der Waals surface area (Å²) in [6, 6.07) is 2.50. The molecule has 0 aromatic carbocycles. The summed E-state index contributed by atoms with van der Waals surface area (Å²) in [4.78, 5) is 13.5. The van der Waals surface area contributed by atoms with Gasteiger partial charge in [-0.25, -0.2) is 9.97 Å². The molecule has 0 N–H and O–H groups in total. The third-order valence-corrected chi connectivity index (χ3v) is 4.00. The summed E-state index contributed by atoms with van der Waals surface area (Å²) in [6.07, 6.45) is 3.76. The Balaban J connectivity index is 2.12. The minimum Gasteiger partial charge on any atom is -0.385 e. The van der Waals surface area contributed by atoms with Gasteiger partial charge in [0.1, 0.15) is 18.0 Å². The van der Waals surface area contributed by atoms with Gasteiger partial charge in [-0.15, -0.1) is 0 Å². The fourth-order valence-corrected chi connectivity index (χ4v) is 2.71. The number of morpholine rings is 1. The molecule has 2 heterocycles. The molecule has 1 aromatic heterocycles. The third-order valence-electron chi connectivity index (χ3n) is 4.00. The summed E-state index contributed by atoms with van der Waals surface area (Å²) in [7, 11) is 1.75. The molecule has 0 amide bonds. The Hall–Kier alpha value is -1.40. The van der Waals surface area contributed by atoms with Crippen LogP contribution in [0, 0.1) is 0 Å². The molecule has 1 aliphatic heterocycles. The van der Waals surface area contributed by atoms with E-state index in [1.807, 2.05) is 0 Å². The maximum absolute atomic E-state index is 5.41. The van der Waals surface area contributed by atoms with E-state index in [9.17, 15) is 0 Å². The molecular formula is C16H28N4O2. The molecule has 0 spiro atoms. The molecule has 22 heavy (non-hydrogen) atoms. The van der Waals surface area contributed by atoms with Crippen molar-refractivity contribution in [3.63, 3.8) is 0 Å². The van der Waals surface area contributed by atoms with E-state index < -0.39 is 0 Å². The summed E-state index contributed by atoms with van der Waals surface area (Å²) in [6.45, 7) is 9.50. The Labute approximate surface area is 133 Å². The number of hydrogen-bond acceptors (Lipinski definition) is 6. The summed E-state index contributed by atoms with van der Waals surface area (Å²) in [5, 5.41) is 0. The van der Waals surface area contributed by atoms with Crippen molar-refractivity contribution in [1.29, 1.82) is 0 Å². The minimum absolute atomic E-state index is 0.396. The van der Waals surface area contributed by atoms with Gasteiger partial charge in [-0.3, -0.25) is 0 Å². The van der Waals surface area contributed by atoms with Gasteiger partial charge in [-0.05, 0) is 19.8 Å². The van der Waals surface area contributed by atoms with E-state index in [2.05, 4.69) is 39.7 Å². The molecule has 1 aromatic rings. The fraction of sp³-hybridized carbons (Fsp3) is 0.750. The van der Waals surface area contributed by atoms with Crippen LogP contribution >= 0.6 is 0 Å². The summed E-state index contributed by atoms with van der Waals surface area (Å²) < 4.78 is 10.6. The molecule has 2 rings (SSSR count). The number of nitrogens with zero attached hydrogens (tertiary/aromatic N) is 4. The van der Waals surface area contributed by atoms with Gasteiger partial charge in [-0.1, -0.05) is 6.92 Å². The van der Waals surface area contributed by atoms with Crippen molar-refractivity contribution in [2.45, 2.75) is 32.7 Å². The smallest absolute Gasteiger partial charge is 0.134 e. The van der Waals surface area contributed by atoms with Crippen LogP contribution in [-0.4, -0.2) is 62.6 Å². The van der Waals surface area contributed by atoms with Crippen LogP contribution in [0.3, 0.4) is 0 Å². The van der Waals surface area contributed by atoms with Gasteiger partial charge in [0, 0.05) is 45.5 Å². The van der Waals surface area contributed by atoms with Gasteiger partial charge < -0.3 is 19.3 Å². The van der Waals surface area contributed by atoms with Crippen LogP contribution in [0.25, 0.3) is 0 Å². The molecule has 1 unspecified atom stereocenters. The Kier molecular flexibility index (Phi) is 6.86. The van der Waals surface area contributed by atoms with Crippen LogP contribution in [0.5, 0.6) is 0 Å². The zero-order chi connectivity index (χ0) is 15.8. The normalized spacial score (nSPS) is 16.6. The van der Waals surface area contributed by atoms with Gasteiger partial charge in [0.2, 0.25) is 0 Å². The molecule has 0 radical (unpaired) electrons. The van der Waals surface area contributed by atoms with Crippen LogP contribution in [-0.2, 0) is 9.47 Å². The van der Waals surface area contributed by atoms with Crippen LogP contribution < -0.4 is 9.80 Å². The lowest BCUT2D eigenvalue weighted by Gasteiger charge is -2.32. The first-order valence-electron chi connectivity index (χ1n) is 8.16. The highest BCUT2D eigenvalue weighted by atomic mass is 16.5. The second-order valence-corrected chi connectivity index (χ2v) is 5.66. The molecule has 0 aliphatic carbocycles. The van der Waals surface area contributed by atoms with Gasteiger partial charge in [0.25, 0.3) is 0 Å². The summed E-state index contributed by atoms with van der Waals surface area (Å²) in [5.74, 6) is 2.00. The molecular weight excluding hydrogens is 280 g/mol. The lowest BCUT2D eigenvalue weighted by atomic mass is 10.2. The van der Waals surface area contributed by atoms with Crippen molar-refractivity contribution in [2.75, 3.05) is 56.4 Å². The predicted molar refractivity (Wildman–Crippen MR) is 88.7 cm³/mol. The lowest BCUT2D eigenvalue weighted by Crippen LogP contribution is -2.38. The number of aromatic nitrogens is 2. The zero-order valence-electron chi connectivity index (χ0n) is 14.0. The Morgan fingerprint density at radius 3 is 2.82 bits per heavy atom. The van der Waals surface area contributed by atoms with E-state index in [-0.39, 0.29) is 0 Å². The van der Waals surface area contributed by atoms with E-state index in [1.54, 1.807) is 13.4 Å². The van der Waals surface area contributed by atoms with Crippen molar-refractivity contribution < 1.29 is 9.47 Å². The standard InChI is InChI=1S/C16H28N4O2/c1-4-6-20(14(2)5-9-21-3)16-12-15(17-13-18-16)19-7-10-22-11-8-19/h12-14H,4-11H2,1-3H3. The number of ether oxygens (including phenoxy) is 2. The monoisotopic (exact) mass is 308 g/mol. The molecule has 0 bridgehead atoms. The van der Waals surface area contributed by atoms with Crippen molar-refractivity contribution in [2.24, 2.45) is 0 Å². The van der Waals surface area contributed by atoms with Gasteiger partial charge in [0.05, 0.1) is 13.2 Å². The molecule has 6 nitrogen and oxygen atoms in total. The van der Waals surface area contributed by atoms with Crippen LogP contribution in [0.4, 0.5) is 11.6 Å². The molecule has 0 saturated carbocycles. The first kappa shape index (κ1) is 17.0. The van der Waals surface area contributed by atoms with Crippen molar-refractivity contribution in [3.8, 4) is 0 Å². The molecule has 1 saturated heterocycles. The van der Waals surface area contributed by atoms with Crippen LogP contribution in [0.1, 0.15) is 26.7 Å². The fourth-order valence-electron chi connectivity index (χ4n) is 2.71. The first-order valence-corrected chi connectivity index (χ1v) is 8.16. The largest absolute Gasteiger partial charge is 0.385 e. The zero-order valence-corrected chi connectivity index (χ0v) is 14.0. The van der Waals surface area contributed by atoms with Crippen LogP contribution in [0.15, 0.2) is 12.4 Å². The maximum atomic E-state index is 5.41. The van der Waals surface area contributed by atoms with E-state index >= 15 is 0 Å². The maximum Gasteiger partial charge on any atom is 0.134 e. The Morgan fingerprint density at radius 1 is 1.36 bits per heavy atom. The summed E-state index contributed by atoms with van der Waals surface area (Å²) >= 11 is 0. The van der Waals surface area contributed by atoms with Crippen molar-refractivity contribution in [1.82, 2.24) is 9.97 Å². The first-order chi connectivity index (χ1) is 10.8. The lowest BCUT2D eigenvalue weighted by molar-refractivity contribution is 0.122. The molecule has 1 aliphatic rings. The molecule has 124 valence electrons. The quantitative estimate of drug-likeness (QED) is 0.732.